The van der Waals surface area contributed by atoms with Crippen LogP contribution in [-0.4, -0.2) is 70.9 Å². The lowest BCUT2D eigenvalue weighted by Gasteiger charge is -2.32. The van der Waals surface area contributed by atoms with Crippen LogP contribution in [0.15, 0.2) is 28.8 Å². The Labute approximate surface area is 190 Å². The molecule has 174 valence electrons. The third-order valence-corrected chi connectivity index (χ3v) is 6.16. The smallest absolute Gasteiger partial charge is 0.407 e. The molecule has 1 N–H and O–H groups in total. The number of nitrogens with one attached hydrogen (secondary N) is 1. The zero-order valence-corrected chi connectivity index (χ0v) is 19.6. The number of benzene rings is 1. The largest absolute Gasteiger partial charge is 0.444 e. The van der Waals surface area contributed by atoms with Crippen molar-refractivity contribution in [3.8, 4) is 11.4 Å². The summed E-state index contributed by atoms with van der Waals surface area (Å²) in [6.07, 6.45) is 2.39. The average molecular weight is 442 g/mol. The zero-order valence-electron chi connectivity index (χ0n) is 19.6. The molecule has 2 heterocycles. The summed E-state index contributed by atoms with van der Waals surface area (Å²) in [4.78, 5) is 21.8. The number of nitrogens with zero attached hydrogens (tertiary/aromatic N) is 4. The molecule has 1 aliphatic heterocycles. The molecule has 2 fully saturated rings. The van der Waals surface area contributed by atoms with E-state index in [1.54, 1.807) is 0 Å². The molecule has 2 aliphatic rings. The molecule has 1 aliphatic carbocycles. The first-order valence-corrected chi connectivity index (χ1v) is 11.6. The maximum atomic E-state index is 12.2. The molecule has 0 unspecified atom stereocenters. The lowest BCUT2D eigenvalue weighted by Crippen LogP contribution is -2.43. The summed E-state index contributed by atoms with van der Waals surface area (Å²) in [6.45, 7) is 10.9. The van der Waals surface area contributed by atoms with Crippen LogP contribution in [0, 0.1) is 0 Å². The molecule has 8 nitrogen and oxygen atoms in total. The summed E-state index contributed by atoms with van der Waals surface area (Å²) < 4.78 is 11.1. The molecule has 1 amide bonds. The third-order valence-electron chi connectivity index (χ3n) is 6.16. The van der Waals surface area contributed by atoms with Crippen LogP contribution in [0.1, 0.15) is 57.4 Å². The molecule has 0 radical (unpaired) electrons. The number of rotatable bonds is 5. The van der Waals surface area contributed by atoms with E-state index in [4.69, 9.17) is 14.2 Å². The van der Waals surface area contributed by atoms with E-state index in [-0.39, 0.29) is 12.0 Å². The third kappa shape index (κ3) is 5.86. The predicted octanol–water partition coefficient (Wildman–Crippen LogP) is 3.64. The SMILES string of the molecule is CN1CCN(Cc2cccc(-c3noc([C@@H]4CCC[C@H]4NC(=O)OC(C)(C)C)n3)c2)CC1. The summed E-state index contributed by atoms with van der Waals surface area (Å²) >= 11 is 0. The lowest BCUT2D eigenvalue weighted by molar-refractivity contribution is 0.0498. The van der Waals surface area contributed by atoms with Crippen molar-refractivity contribution in [2.45, 2.75) is 64.1 Å². The number of ether oxygens (including phenoxy) is 1. The van der Waals surface area contributed by atoms with Gasteiger partial charge in [0.25, 0.3) is 0 Å². The number of carbonyl (C=O) groups excluding carboxylic acids is 1. The van der Waals surface area contributed by atoms with E-state index in [0.29, 0.717) is 11.7 Å². The number of aromatic nitrogens is 2. The van der Waals surface area contributed by atoms with Crippen molar-refractivity contribution in [2.24, 2.45) is 0 Å². The van der Waals surface area contributed by atoms with E-state index in [0.717, 1.165) is 57.5 Å². The number of hydrogen-bond acceptors (Lipinski definition) is 7. The Kier molecular flexibility index (Phi) is 6.81. The van der Waals surface area contributed by atoms with Crippen LogP contribution < -0.4 is 5.32 Å². The highest BCUT2D eigenvalue weighted by molar-refractivity contribution is 5.68. The highest BCUT2D eigenvalue weighted by atomic mass is 16.6. The first-order chi connectivity index (χ1) is 15.3. The molecule has 1 saturated heterocycles. The molecule has 4 rings (SSSR count). The van der Waals surface area contributed by atoms with Crippen LogP contribution in [0.2, 0.25) is 0 Å². The Bertz CT molecular complexity index is 914. The van der Waals surface area contributed by atoms with E-state index in [1.165, 1.54) is 5.56 Å². The van der Waals surface area contributed by atoms with Crippen LogP contribution in [-0.2, 0) is 11.3 Å². The van der Waals surface area contributed by atoms with E-state index in [9.17, 15) is 4.79 Å². The maximum Gasteiger partial charge on any atom is 0.407 e. The minimum atomic E-state index is -0.523. The Morgan fingerprint density at radius 1 is 1.22 bits per heavy atom. The number of carbonyl (C=O) groups is 1. The van der Waals surface area contributed by atoms with Gasteiger partial charge in [0, 0.05) is 44.3 Å². The molecular weight excluding hydrogens is 406 g/mol. The summed E-state index contributed by atoms with van der Waals surface area (Å²) in [5.74, 6) is 1.20. The number of piperazine rings is 1. The fraction of sp³-hybridized carbons (Fsp3) is 0.625. The van der Waals surface area contributed by atoms with Crippen molar-refractivity contribution in [2.75, 3.05) is 33.2 Å². The molecule has 0 bridgehead atoms. The van der Waals surface area contributed by atoms with Gasteiger partial charge in [0.2, 0.25) is 11.7 Å². The van der Waals surface area contributed by atoms with E-state index in [1.807, 2.05) is 26.8 Å². The Morgan fingerprint density at radius 2 is 2.00 bits per heavy atom. The van der Waals surface area contributed by atoms with Crippen LogP contribution >= 0.6 is 0 Å². The second kappa shape index (κ2) is 9.58. The van der Waals surface area contributed by atoms with Crippen LogP contribution in [0.25, 0.3) is 11.4 Å². The van der Waals surface area contributed by atoms with Crippen LogP contribution in [0.3, 0.4) is 0 Å². The Balaban J connectivity index is 1.41. The second-order valence-corrected chi connectivity index (χ2v) is 10.0. The maximum absolute atomic E-state index is 12.2. The predicted molar refractivity (Wildman–Crippen MR) is 122 cm³/mol. The van der Waals surface area contributed by atoms with Gasteiger partial charge >= 0.3 is 6.09 Å². The molecule has 1 aromatic carbocycles. The quantitative estimate of drug-likeness (QED) is 0.758. The van der Waals surface area contributed by atoms with Gasteiger partial charge in [0.05, 0.1) is 5.92 Å². The molecule has 1 aromatic heterocycles. The van der Waals surface area contributed by atoms with Crippen LogP contribution in [0.5, 0.6) is 0 Å². The number of likely N-dealkylation sites (N-methyl/N-ethyl adjacent to an activating group) is 1. The minimum absolute atomic E-state index is 0.0114. The molecule has 0 spiro atoms. The highest BCUT2D eigenvalue weighted by Gasteiger charge is 2.35. The van der Waals surface area contributed by atoms with Gasteiger partial charge < -0.3 is 19.5 Å². The summed E-state index contributed by atoms with van der Waals surface area (Å²) in [7, 11) is 2.17. The second-order valence-electron chi connectivity index (χ2n) is 10.0. The van der Waals surface area contributed by atoms with Gasteiger partial charge in [-0.05, 0) is 52.3 Å². The van der Waals surface area contributed by atoms with Crippen molar-refractivity contribution in [1.82, 2.24) is 25.3 Å². The van der Waals surface area contributed by atoms with Gasteiger partial charge in [-0.3, -0.25) is 4.90 Å². The van der Waals surface area contributed by atoms with E-state index < -0.39 is 11.7 Å². The zero-order chi connectivity index (χ0) is 22.7. The molecule has 2 atom stereocenters. The highest BCUT2D eigenvalue weighted by Crippen LogP contribution is 2.35. The van der Waals surface area contributed by atoms with Crippen molar-refractivity contribution < 1.29 is 14.1 Å². The number of amides is 1. The summed E-state index contributed by atoms with van der Waals surface area (Å²) in [6, 6.07) is 8.33. The molecule has 32 heavy (non-hydrogen) atoms. The van der Waals surface area contributed by atoms with Crippen molar-refractivity contribution in [3.05, 3.63) is 35.7 Å². The Morgan fingerprint density at radius 3 is 2.75 bits per heavy atom. The van der Waals surface area contributed by atoms with Gasteiger partial charge in [-0.1, -0.05) is 29.8 Å². The average Bonchev–Trinajstić information content (AvgIpc) is 3.38. The minimum Gasteiger partial charge on any atom is -0.444 e. The fourth-order valence-corrected chi connectivity index (χ4v) is 4.46. The Hall–Kier alpha value is -2.45. The van der Waals surface area contributed by atoms with Gasteiger partial charge in [-0.2, -0.15) is 4.98 Å². The van der Waals surface area contributed by atoms with Gasteiger partial charge in [0.15, 0.2) is 0 Å². The first kappa shape index (κ1) is 22.7. The number of hydrogen-bond donors (Lipinski definition) is 1. The van der Waals surface area contributed by atoms with Crippen molar-refractivity contribution in [1.29, 1.82) is 0 Å². The van der Waals surface area contributed by atoms with E-state index in [2.05, 4.69) is 45.5 Å². The lowest BCUT2D eigenvalue weighted by atomic mass is 10.0. The van der Waals surface area contributed by atoms with Crippen molar-refractivity contribution in [3.63, 3.8) is 0 Å². The van der Waals surface area contributed by atoms with E-state index >= 15 is 0 Å². The fourth-order valence-electron chi connectivity index (χ4n) is 4.46. The molecule has 1 saturated carbocycles. The van der Waals surface area contributed by atoms with Crippen molar-refractivity contribution >= 4 is 6.09 Å². The van der Waals surface area contributed by atoms with Crippen LogP contribution in [0.4, 0.5) is 4.79 Å². The number of alkyl carbamates (subject to hydrolysis) is 1. The van der Waals surface area contributed by atoms with Gasteiger partial charge in [-0.15, -0.1) is 0 Å². The van der Waals surface area contributed by atoms with Gasteiger partial charge in [0.1, 0.15) is 5.60 Å². The first-order valence-electron chi connectivity index (χ1n) is 11.6. The topological polar surface area (TPSA) is 83.7 Å². The molecule has 2 aromatic rings. The summed E-state index contributed by atoms with van der Waals surface area (Å²) in [5.41, 5.74) is 1.69. The summed E-state index contributed by atoms with van der Waals surface area (Å²) in [5, 5.41) is 7.24. The van der Waals surface area contributed by atoms with Gasteiger partial charge in [-0.25, -0.2) is 4.79 Å². The normalized spacial score (nSPS) is 22.8. The molecular formula is C24H35N5O3. The molecule has 8 heteroatoms. The monoisotopic (exact) mass is 441 g/mol. The standard InChI is InChI=1S/C24H35N5O3/c1-24(2,3)31-23(30)25-20-10-6-9-19(20)22-26-21(27-32-22)18-8-5-7-17(15-18)16-29-13-11-28(4)12-14-29/h5,7-8,15,19-20H,6,9-14,16H2,1-4H3,(H,25,30)/t19-,20-/m1/s1.